The third-order valence-electron chi connectivity index (χ3n) is 2.94. The maximum atomic E-state index is 11.6. The molecular weight excluding hydrogens is 320 g/mol. The van der Waals surface area contributed by atoms with Crippen LogP contribution < -0.4 is 16.2 Å². The van der Waals surface area contributed by atoms with Gasteiger partial charge in [0.1, 0.15) is 15.8 Å². The van der Waals surface area contributed by atoms with Crippen molar-refractivity contribution in [3.8, 4) is 11.5 Å². The first-order valence-electron chi connectivity index (χ1n) is 6.03. The highest BCUT2D eigenvalue weighted by Gasteiger charge is 2.33. The van der Waals surface area contributed by atoms with Crippen LogP contribution in [0.1, 0.15) is 12.5 Å². The number of alkyl halides is 1. The molecule has 1 amide bonds. The summed E-state index contributed by atoms with van der Waals surface area (Å²) in [6.45, 7) is 1.67. The van der Waals surface area contributed by atoms with Gasteiger partial charge >= 0.3 is 0 Å². The Morgan fingerprint density at radius 2 is 1.85 bits per heavy atom. The summed E-state index contributed by atoms with van der Waals surface area (Å²) >= 11 is 3.34. The second-order valence-electron chi connectivity index (χ2n) is 4.54. The zero-order chi connectivity index (χ0) is 14.8. The van der Waals surface area contributed by atoms with Crippen molar-refractivity contribution < 1.29 is 9.53 Å². The van der Waals surface area contributed by atoms with Crippen LogP contribution in [0.15, 0.2) is 48.5 Å². The van der Waals surface area contributed by atoms with Crippen LogP contribution >= 0.6 is 15.9 Å². The van der Waals surface area contributed by atoms with Crippen molar-refractivity contribution in [2.75, 3.05) is 5.73 Å². The van der Waals surface area contributed by atoms with Crippen LogP contribution in [0.5, 0.6) is 11.5 Å². The largest absolute Gasteiger partial charge is 0.457 e. The molecule has 0 saturated heterocycles. The Labute approximate surface area is 125 Å². The molecule has 0 radical (unpaired) electrons. The molecule has 1 atom stereocenters. The third kappa shape index (κ3) is 2.93. The molecule has 0 aromatic heterocycles. The van der Waals surface area contributed by atoms with Crippen molar-refractivity contribution in [1.82, 2.24) is 0 Å². The number of hydrogen-bond acceptors (Lipinski definition) is 3. The van der Waals surface area contributed by atoms with Gasteiger partial charge in [-0.25, -0.2) is 0 Å². The van der Waals surface area contributed by atoms with Gasteiger partial charge in [0, 0.05) is 11.3 Å². The fourth-order valence-corrected chi connectivity index (χ4v) is 2.06. The fraction of sp³-hybridized carbons (Fsp3) is 0.133. The number of benzene rings is 2. The zero-order valence-electron chi connectivity index (χ0n) is 11.0. The molecule has 5 heteroatoms. The summed E-state index contributed by atoms with van der Waals surface area (Å²) in [5, 5.41) is 0. The van der Waals surface area contributed by atoms with Crippen LogP contribution in [0.2, 0.25) is 0 Å². The first-order chi connectivity index (χ1) is 9.41. The predicted molar refractivity (Wildman–Crippen MR) is 82.8 cm³/mol. The lowest BCUT2D eigenvalue weighted by molar-refractivity contribution is -0.119. The Bertz CT molecular complexity index is 627. The highest BCUT2D eigenvalue weighted by molar-refractivity contribution is 9.10. The van der Waals surface area contributed by atoms with Crippen molar-refractivity contribution >= 4 is 27.5 Å². The van der Waals surface area contributed by atoms with Crippen LogP contribution in [-0.4, -0.2) is 5.91 Å². The number of carbonyl (C=O) groups excluding carboxylic acids is 1. The van der Waals surface area contributed by atoms with Crippen LogP contribution in [0.4, 0.5) is 5.69 Å². The van der Waals surface area contributed by atoms with E-state index in [2.05, 4.69) is 15.9 Å². The van der Waals surface area contributed by atoms with E-state index in [4.69, 9.17) is 16.2 Å². The summed E-state index contributed by atoms with van der Waals surface area (Å²) in [6, 6.07) is 14.4. The van der Waals surface area contributed by atoms with Crippen molar-refractivity contribution in [1.29, 1.82) is 0 Å². The summed E-state index contributed by atoms with van der Waals surface area (Å²) in [7, 11) is 0. The number of amides is 1. The highest BCUT2D eigenvalue weighted by atomic mass is 79.9. The monoisotopic (exact) mass is 334 g/mol. The number of rotatable bonds is 4. The quantitative estimate of drug-likeness (QED) is 0.665. The second-order valence-corrected chi connectivity index (χ2v) is 6.12. The summed E-state index contributed by atoms with van der Waals surface area (Å²) < 4.78 is 4.76. The molecule has 0 spiro atoms. The van der Waals surface area contributed by atoms with Gasteiger partial charge in [0.15, 0.2) is 0 Å². The van der Waals surface area contributed by atoms with Gasteiger partial charge in [-0.1, -0.05) is 34.1 Å². The van der Waals surface area contributed by atoms with E-state index in [0.29, 0.717) is 22.7 Å². The lowest BCUT2D eigenvalue weighted by Crippen LogP contribution is -2.33. The molecule has 2 rings (SSSR count). The Balaban J connectivity index is 2.46. The second kappa shape index (κ2) is 5.54. The molecule has 20 heavy (non-hydrogen) atoms. The molecule has 1 unspecified atom stereocenters. The van der Waals surface area contributed by atoms with E-state index in [1.165, 1.54) is 0 Å². The number of ether oxygens (including phenoxy) is 1. The van der Waals surface area contributed by atoms with E-state index in [9.17, 15) is 4.79 Å². The molecule has 4 nitrogen and oxygen atoms in total. The Morgan fingerprint density at radius 1 is 1.20 bits per heavy atom. The minimum Gasteiger partial charge on any atom is -0.457 e. The lowest BCUT2D eigenvalue weighted by Gasteiger charge is -2.22. The molecule has 0 aliphatic rings. The van der Waals surface area contributed by atoms with Crippen LogP contribution in [0.25, 0.3) is 0 Å². The first-order valence-corrected chi connectivity index (χ1v) is 6.82. The van der Waals surface area contributed by atoms with Gasteiger partial charge in [0.05, 0.1) is 0 Å². The van der Waals surface area contributed by atoms with Crippen molar-refractivity contribution in [2.24, 2.45) is 5.73 Å². The Hall–Kier alpha value is -2.01. The van der Waals surface area contributed by atoms with E-state index in [1.807, 2.05) is 30.3 Å². The number of para-hydroxylation sites is 1. The normalized spacial score (nSPS) is 13.5. The lowest BCUT2D eigenvalue weighted by atomic mass is 9.98. The average Bonchev–Trinajstić information content (AvgIpc) is 2.41. The van der Waals surface area contributed by atoms with Gasteiger partial charge in [-0.3, -0.25) is 4.79 Å². The number of halogens is 1. The molecule has 0 fully saturated rings. The minimum atomic E-state index is -1.05. The summed E-state index contributed by atoms with van der Waals surface area (Å²) in [5.74, 6) is 0.691. The SMILES string of the molecule is CC(Br)(C(N)=O)c1cc(N)ccc1Oc1ccccc1. The van der Waals surface area contributed by atoms with E-state index in [0.717, 1.165) is 0 Å². The predicted octanol–water partition coefficient (Wildman–Crippen LogP) is 3.16. The number of primary amides is 1. The smallest absolute Gasteiger partial charge is 0.238 e. The van der Waals surface area contributed by atoms with Gasteiger partial charge in [-0.05, 0) is 37.3 Å². The number of nitrogens with two attached hydrogens (primary N) is 2. The van der Waals surface area contributed by atoms with Gasteiger partial charge in [0.2, 0.25) is 5.91 Å². The summed E-state index contributed by atoms with van der Waals surface area (Å²) in [4.78, 5) is 11.6. The van der Waals surface area contributed by atoms with Crippen molar-refractivity contribution in [2.45, 2.75) is 11.2 Å². The first kappa shape index (κ1) is 14.4. The zero-order valence-corrected chi connectivity index (χ0v) is 12.6. The van der Waals surface area contributed by atoms with Gasteiger partial charge in [-0.2, -0.15) is 0 Å². The van der Waals surface area contributed by atoms with Crippen LogP contribution in [0, 0.1) is 0 Å². The van der Waals surface area contributed by atoms with E-state index < -0.39 is 10.2 Å². The molecule has 2 aromatic carbocycles. The van der Waals surface area contributed by atoms with Crippen LogP contribution in [0.3, 0.4) is 0 Å². The summed E-state index contributed by atoms with van der Waals surface area (Å²) in [5.41, 5.74) is 12.3. The van der Waals surface area contributed by atoms with Gasteiger partial charge < -0.3 is 16.2 Å². The molecule has 4 N–H and O–H groups in total. The molecule has 0 aliphatic carbocycles. The summed E-state index contributed by atoms with van der Waals surface area (Å²) in [6.07, 6.45) is 0. The molecule has 0 aliphatic heterocycles. The van der Waals surface area contributed by atoms with Crippen LogP contribution in [-0.2, 0) is 9.12 Å². The topological polar surface area (TPSA) is 78.3 Å². The standard InChI is InChI=1S/C15H15BrN2O2/c1-15(16,14(18)19)12-9-10(17)7-8-13(12)20-11-5-3-2-4-6-11/h2-9H,17H2,1H3,(H2,18,19). The number of anilines is 1. The van der Waals surface area contributed by atoms with Crippen molar-refractivity contribution in [3.63, 3.8) is 0 Å². The number of nitrogen functional groups attached to an aromatic ring is 1. The molecular formula is C15H15BrN2O2. The number of carbonyl (C=O) groups is 1. The maximum absolute atomic E-state index is 11.6. The van der Waals surface area contributed by atoms with Crippen molar-refractivity contribution in [3.05, 3.63) is 54.1 Å². The average molecular weight is 335 g/mol. The van der Waals surface area contributed by atoms with E-state index >= 15 is 0 Å². The maximum Gasteiger partial charge on any atom is 0.238 e. The van der Waals surface area contributed by atoms with Gasteiger partial charge in [-0.15, -0.1) is 0 Å². The molecule has 2 aromatic rings. The molecule has 0 saturated carbocycles. The Kier molecular flexibility index (Phi) is 3.99. The fourth-order valence-electron chi connectivity index (χ4n) is 1.75. The van der Waals surface area contributed by atoms with E-state index in [-0.39, 0.29) is 0 Å². The minimum absolute atomic E-state index is 0.513. The third-order valence-corrected chi connectivity index (χ3v) is 3.76. The van der Waals surface area contributed by atoms with Gasteiger partial charge in [0.25, 0.3) is 0 Å². The number of hydrogen-bond donors (Lipinski definition) is 2. The van der Waals surface area contributed by atoms with E-state index in [1.54, 1.807) is 25.1 Å². The Morgan fingerprint density at radius 3 is 2.45 bits per heavy atom. The molecule has 104 valence electrons. The molecule has 0 bridgehead atoms. The molecule has 0 heterocycles. The highest BCUT2D eigenvalue weighted by Crippen LogP contribution is 2.39.